The minimum atomic E-state index is -0.976. The molecule has 0 aliphatic heterocycles. The molecule has 0 saturated heterocycles. The Morgan fingerprint density at radius 1 is 1.25 bits per heavy atom. The van der Waals surface area contributed by atoms with Crippen LogP contribution in [0.25, 0.3) is 0 Å². The monoisotopic (exact) mass is 520 g/mol. The lowest BCUT2D eigenvalue weighted by molar-refractivity contribution is 0.0711. The van der Waals surface area contributed by atoms with Crippen LogP contribution in [0.3, 0.4) is 0 Å². The molecule has 0 radical (unpaired) electrons. The average Bonchev–Trinajstić information content (AvgIpc) is 3.17. The predicted molar refractivity (Wildman–Crippen MR) is 126 cm³/mol. The van der Waals surface area contributed by atoms with Crippen LogP contribution >= 0.6 is 35.3 Å². The molecule has 0 amide bonds. The van der Waals surface area contributed by atoms with Crippen LogP contribution in [0.5, 0.6) is 0 Å². The Balaban J connectivity index is 0.00000392. The Hall–Kier alpha value is -1.23. The lowest BCUT2D eigenvalue weighted by Crippen LogP contribution is -2.41. The number of likely N-dealkylation sites (N-methyl/N-ethyl adjacent to an activating group) is 1. The van der Waals surface area contributed by atoms with E-state index in [2.05, 4.69) is 20.5 Å². The number of nitrogens with one attached hydrogen (secondary N) is 2. The third-order valence-electron chi connectivity index (χ3n) is 4.09. The lowest BCUT2D eigenvalue weighted by Gasteiger charge is -2.21. The maximum absolute atomic E-state index is 13.0. The molecule has 28 heavy (non-hydrogen) atoms. The smallest absolute Gasteiger partial charge is 0.191 e. The summed E-state index contributed by atoms with van der Waals surface area (Å²) in [5.74, 6) is 0.470. The number of rotatable bonds is 9. The Morgan fingerprint density at radius 3 is 2.57 bits per heavy atom. The molecule has 0 aliphatic carbocycles. The van der Waals surface area contributed by atoms with Gasteiger partial charge in [0.25, 0.3) is 0 Å². The minimum absolute atomic E-state index is 0. The number of aliphatic hydroxyl groups is 1. The molecule has 156 valence electrons. The van der Waals surface area contributed by atoms with E-state index in [0.29, 0.717) is 12.5 Å². The van der Waals surface area contributed by atoms with Gasteiger partial charge in [0, 0.05) is 31.1 Å². The van der Waals surface area contributed by atoms with Crippen molar-refractivity contribution in [2.45, 2.75) is 26.0 Å². The number of guanidine groups is 1. The van der Waals surface area contributed by atoms with Crippen LogP contribution in [-0.4, -0.2) is 49.2 Å². The van der Waals surface area contributed by atoms with Crippen molar-refractivity contribution in [3.8, 4) is 0 Å². The minimum Gasteiger partial charge on any atom is -0.383 e. The fourth-order valence-electron chi connectivity index (χ4n) is 2.58. The molecule has 0 spiro atoms. The molecule has 5 nitrogen and oxygen atoms in total. The van der Waals surface area contributed by atoms with Crippen molar-refractivity contribution < 1.29 is 9.50 Å². The molecule has 0 fully saturated rings. The number of benzene rings is 1. The molecule has 1 unspecified atom stereocenters. The first-order chi connectivity index (χ1) is 12.9. The predicted octanol–water partition coefficient (Wildman–Crippen LogP) is 3.40. The number of hydrogen-bond acceptors (Lipinski definition) is 4. The summed E-state index contributed by atoms with van der Waals surface area (Å²) in [6.45, 7) is 7.10. The van der Waals surface area contributed by atoms with Gasteiger partial charge in [-0.1, -0.05) is 18.2 Å². The summed E-state index contributed by atoms with van der Waals surface area (Å²) in [4.78, 5) is 7.58. The third-order valence-corrected chi connectivity index (χ3v) is 5.22. The van der Waals surface area contributed by atoms with E-state index in [1.807, 2.05) is 31.5 Å². The van der Waals surface area contributed by atoms with Gasteiger partial charge in [-0.3, -0.25) is 0 Å². The highest BCUT2D eigenvalue weighted by molar-refractivity contribution is 14.0. The van der Waals surface area contributed by atoms with Crippen LogP contribution in [0.1, 0.15) is 24.3 Å². The van der Waals surface area contributed by atoms with Crippen LogP contribution < -0.4 is 10.6 Å². The first kappa shape index (κ1) is 24.8. The molecule has 1 heterocycles. The van der Waals surface area contributed by atoms with E-state index >= 15 is 0 Å². The van der Waals surface area contributed by atoms with Crippen LogP contribution in [0.4, 0.5) is 4.39 Å². The van der Waals surface area contributed by atoms with Gasteiger partial charge >= 0.3 is 0 Å². The summed E-state index contributed by atoms with van der Waals surface area (Å²) in [5.41, 5.74) is 0.0991. The molecule has 1 atom stereocenters. The van der Waals surface area contributed by atoms with E-state index in [0.717, 1.165) is 30.1 Å². The Morgan fingerprint density at radius 2 is 1.96 bits per heavy atom. The van der Waals surface area contributed by atoms with Gasteiger partial charge < -0.3 is 20.6 Å². The molecule has 3 N–H and O–H groups in total. The quantitative estimate of drug-likeness (QED) is 0.270. The van der Waals surface area contributed by atoms with Gasteiger partial charge in [-0.2, -0.15) is 0 Å². The van der Waals surface area contributed by atoms with E-state index in [1.165, 1.54) is 23.5 Å². The van der Waals surface area contributed by atoms with Crippen molar-refractivity contribution in [1.82, 2.24) is 15.5 Å². The molecule has 1 aromatic carbocycles. The highest BCUT2D eigenvalue weighted by Crippen LogP contribution is 2.25. The number of halogens is 2. The van der Waals surface area contributed by atoms with Crippen molar-refractivity contribution in [3.63, 3.8) is 0 Å². The van der Waals surface area contributed by atoms with E-state index in [-0.39, 0.29) is 36.3 Å². The molecule has 2 rings (SSSR count). The summed E-state index contributed by atoms with van der Waals surface area (Å²) in [7, 11) is 2.02. The number of aliphatic imine (C=N–C) groups is 1. The molecule has 0 bridgehead atoms. The first-order valence-corrected chi connectivity index (χ1v) is 10.00. The largest absolute Gasteiger partial charge is 0.383 e. The SMILES string of the molecule is CCNC(=NCC(C)(O)c1cccs1)NCCN(C)Cc1ccc(F)cc1.I. The van der Waals surface area contributed by atoms with Gasteiger partial charge in [-0.25, -0.2) is 9.38 Å². The molecule has 2 aromatic rings. The van der Waals surface area contributed by atoms with E-state index in [1.54, 1.807) is 19.1 Å². The third kappa shape index (κ3) is 8.42. The van der Waals surface area contributed by atoms with Gasteiger partial charge in [0.15, 0.2) is 5.96 Å². The zero-order valence-corrected chi connectivity index (χ0v) is 19.8. The molecule has 8 heteroatoms. The van der Waals surface area contributed by atoms with Crippen LogP contribution in [0.2, 0.25) is 0 Å². The van der Waals surface area contributed by atoms with Crippen LogP contribution in [-0.2, 0) is 12.1 Å². The normalized spacial score (nSPS) is 13.7. The van der Waals surface area contributed by atoms with Crippen molar-refractivity contribution in [2.75, 3.05) is 33.2 Å². The van der Waals surface area contributed by atoms with Gasteiger partial charge in [0.2, 0.25) is 0 Å². The Bertz CT molecular complexity index is 708. The van der Waals surface area contributed by atoms with E-state index in [4.69, 9.17) is 0 Å². The molecule has 0 saturated carbocycles. The fourth-order valence-corrected chi connectivity index (χ4v) is 3.36. The van der Waals surface area contributed by atoms with Crippen LogP contribution in [0, 0.1) is 5.82 Å². The highest BCUT2D eigenvalue weighted by atomic mass is 127. The summed E-state index contributed by atoms with van der Waals surface area (Å²) in [6, 6.07) is 10.4. The summed E-state index contributed by atoms with van der Waals surface area (Å²) >= 11 is 1.53. The van der Waals surface area contributed by atoms with E-state index < -0.39 is 5.60 Å². The van der Waals surface area contributed by atoms with Crippen molar-refractivity contribution in [1.29, 1.82) is 0 Å². The zero-order valence-electron chi connectivity index (χ0n) is 16.6. The summed E-state index contributed by atoms with van der Waals surface area (Å²) in [6.07, 6.45) is 0. The van der Waals surface area contributed by atoms with Gasteiger partial charge in [0.1, 0.15) is 11.4 Å². The maximum atomic E-state index is 13.0. The molecule has 0 aliphatic rings. The maximum Gasteiger partial charge on any atom is 0.191 e. The lowest BCUT2D eigenvalue weighted by atomic mass is 10.1. The zero-order chi connectivity index (χ0) is 19.7. The topological polar surface area (TPSA) is 59.9 Å². The van der Waals surface area contributed by atoms with Gasteiger partial charge in [-0.05, 0) is 50.0 Å². The van der Waals surface area contributed by atoms with Gasteiger partial charge in [-0.15, -0.1) is 35.3 Å². The highest BCUT2D eigenvalue weighted by Gasteiger charge is 2.23. The number of thiophene rings is 1. The molecule has 1 aromatic heterocycles. The molecular formula is C20H30FIN4OS. The molecular weight excluding hydrogens is 490 g/mol. The first-order valence-electron chi connectivity index (χ1n) is 9.12. The summed E-state index contributed by atoms with van der Waals surface area (Å²) < 4.78 is 13.0. The average molecular weight is 520 g/mol. The van der Waals surface area contributed by atoms with Crippen molar-refractivity contribution in [2.24, 2.45) is 4.99 Å². The Kier molecular flexibility index (Phi) is 10.9. The summed E-state index contributed by atoms with van der Waals surface area (Å²) in [5, 5.41) is 19.0. The second kappa shape index (κ2) is 12.4. The van der Waals surface area contributed by atoms with Crippen LogP contribution in [0.15, 0.2) is 46.8 Å². The number of nitrogens with zero attached hydrogens (tertiary/aromatic N) is 2. The van der Waals surface area contributed by atoms with Gasteiger partial charge in [0.05, 0.1) is 6.54 Å². The Labute approximate surface area is 188 Å². The fraction of sp³-hybridized carbons (Fsp3) is 0.450. The van der Waals surface area contributed by atoms with Crippen molar-refractivity contribution in [3.05, 3.63) is 58.0 Å². The number of hydrogen-bond donors (Lipinski definition) is 3. The van der Waals surface area contributed by atoms with Crippen molar-refractivity contribution >= 4 is 41.3 Å². The second-order valence-electron chi connectivity index (χ2n) is 6.74. The second-order valence-corrected chi connectivity index (χ2v) is 7.69. The van der Waals surface area contributed by atoms with E-state index in [9.17, 15) is 9.50 Å². The standard InChI is InChI=1S/C20H29FN4OS.HI/c1-4-22-19(24-15-20(2,26)18-6-5-13-27-18)23-11-12-25(3)14-16-7-9-17(21)10-8-16;/h5-10,13,26H,4,11-12,14-15H2,1-3H3,(H2,22,23,24);1H.